The number of pyridine rings is 1. The van der Waals surface area contributed by atoms with Crippen molar-refractivity contribution < 1.29 is 4.74 Å². The van der Waals surface area contributed by atoms with Gasteiger partial charge in [0.1, 0.15) is 11.5 Å². The summed E-state index contributed by atoms with van der Waals surface area (Å²) in [5, 5.41) is 0.992. The molecule has 0 amide bonds. The Balaban J connectivity index is 2.01. The van der Waals surface area contributed by atoms with E-state index in [1.54, 1.807) is 0 Å². The molecule has 3 heteroatoms. The van der Waals surface area contributed by atoms with Crippen molar-refractivity contribution in [1.82, 2.24) is 4.98 Å². The Hall–Kier alpha value is -2.06. The average Bonchev–Trinajstić information content (AvgIpc) is 2.55. The summed E-state index contributed by atoms with van der Waals surface area (Å²) in [5.74, 6) is 1.99. The quantitative estimate of drug-likeness (QED) is 0.607. The summed E-state index contributed by atoms with van der Waals surface area (Å²) < 4.78 is 6.03. The lowest BCUT2D eigenvalue weighted by molar-refractivity contribution is 0.487. The average molecular weight is 298 g/mol. The summed E-state index contributed by atoms with van der Waals surface area (Å²) in [5.41, 5.74) is 3.01. The molecule has 0 unspecified atom stereocenters. The summed E-state index contributed by atoms with van der Waals surface area (Å²) >= 11 is 5.92. The minimum Gasteiger partial charge on any atom is -0.457 e. The van der Waals surface area contributed by atoms with Crippen molar-refractivity contribution in [2.75, 3.05) is 0 Å². The molecule has 3 rings (SSSR count). The molecular weight excluding hydrogens is 282 g/mol. The first kappa shape index (κ1) is 13.9. The second-order valence-electron chi connectivity index (χ2n) is 4.86. The van der Waals surface area contributed by atoms with Crippen molar-refractivity contribution in [2.45, 2.75) is 19.2 Å². The number of halogens is 1. The molecule has 0 fully saturated rings. The molecule has 2 aromatic carbocycles. The molecule has 0 aliphatic carbocycles. The third kappa shape index (κ3) is 3.01. The zero-order chi connectivity index (χ0) is 14.7. The molecule has 3 aromatic rings. The van der Waals surface area contributed by atoms with E-state index in [1.165, 1.54) is 5.56 Å². The van der Waals surface area contributed by atoms with Crippen LogP contribution in [0.15, 0.2) is 54.6 Å². The lowest BCUT2D eigenvalue weighted by Gasteiger charge is -2.10. The molecular formula is C18H16ClNO. The first-order chi connectivity index (χ1) is 10.3. The maximum Gasteiger partial charge on any atom is 0.138 e. The fourth-order valence-corrected chi connectivity index (χ4v) is 2.41. The Bertz CT molecular complexity index is 753. The molecule has 106 valence electrons. The second-order valence-corrected chi connectivity index (χ2v) is 5.13. The maximum atomic E-state index is 6.03. The van der Waals surface area contributed by atoms with E-state index in [0.717, 1.165) is 34.5 Å². The molecule has 1 aromatic heterocycles. The molecule has 0 N–H and O–H groups in total. The summed E-state index contributed by atoms with van der Waals surface area (Å²) in [4.78, 5) is 4.51. The fourth-order valence-electron chi connectivity index (χ4n) is 2.27. The van der Waals surface area contributed by atoms with Gasteiger partial charge in [0.2, 0.25) is 0 Å². The highest BCUT2D eigenvalue weighted by Crippen LogP contribution is 2.30. The zero-order valence-electron chi connectivity index (χ0n) is 11.8. The van der Waals surface area contributed by atoms with E-state index in [1.807, 2.05) is 42.5 Å². The van der Waals surface area contributed by atoms with Gasteiger partial charge in [0, 0.05) is 11.5 Å². The normalized spacial score (nSPS) is 10.8. The number of aryl methyl sites for hydroxylation is 1. The van der Waals surface area contributed by atoms with Crippen molar-refractivity contribution in [1.29, 1.82) is 0 Å². The van der Waals surface area contributed by atoms with Crippen LogP contribution in [0, 0.1) is 0 Å². The smallest absolute Gasteiger partial charge is 0.138 e. The van der Waals surface area contributed by atoms with E-state index in [-0.39, 0.29) is 0 Å². The molecule has 0 aliphatic heterocycles. The van der Waals surface area contributed by atoms with E-state index < -0.39 is 0 Å². The summed E-state index contributed by atoms with van der Waals surface area (Å²) in [6.45, 7) is 2.14. The Morgan fingerprint density at radius 1 is 1.05 bits per heavy atom. The van der Waals surface area contributed by atoms with Gasteiger partial charge in [-0.05, 0) is 36.2 Å². The van der Waals surface area contributed by atoms with Crippen molar-refractivity contribution in [3.8, 4) is 11.5 Å². The Labute approximate surface area is 129 Å². The SMILES string of the molecule is CCc1ccc(Oc2cc(CCl)nc3ccccc23)cc1. The second kappa shape index (κ2) is 6.15. The van der Waals surface area contributed by atoms with Gasteiger partial charge in [-0.1, -0.05) is 31.2 Å². The molecule has 0 spiro atoms. The first-order valence-corrected chi connectivity index (χ1v) is 7.55. The van der Waals surface area contributed by atoms with Crippen LogP contribution in [-0.4, -0.2) is 4.98 Å². The molecule has 0 bridgehead atoms. The number of alkyl halides is 1. The van der Waals surface area contributed by atoms with E-state index in [0.29, 0.717) is 5.88 Å². The Morgan fingerprint density at radius 2 is 1.81 bits per heavy atom. The van der Waals surface area contributed by atoms with Crippen LogP contribution in [0.4, 0.5) is 0 Å². The number of nitrogens with zero attached hydrogens (tertiary/aromatic N) is 1. The van der Waals surface area contributed by atoms with E-state index in [9.17, 15) is 0 Å². The number of fused-ring (bicyclic) bond motifs is 1. The molecule has 0 atom stereocenters. The van der Waals surface area contributed by atoms with Crippen molar-refractivity contribution in [2.24, 2.45) is 0 Å². The van der Waals surface area contributed by atoms with Gasteiger partial charge >= 0.3 is 0 Å². The highest BCUT2D eigenvalue weighted by Gasteiger charge is 2.07. The van der Waals surface area contributed by atoms with Crippen LogP contribution in [0.25, 0.3) is 10.9 Å². The molecule has 0 radical (unpaired) electrons. The number of hydrogen-bond acceptors (Lipinski definition) is 2. The summed E-state index contributed by atoms with van der Waals surface area (Å²) in [7, 11) is 0. The third-order valence-corrected chi connectivity index (χ3v) is 3.70. The minimum absolute atomic E-state index is 0.371. The van der Waals surface area contributed by atoms with Crippen LogP contribution in [0.1, 0.15) is 18.2 Å². The van der Waals surface area contributed by atoms with Crippen molar-refractivity contribution in [3.63, 3.8) is 0 Å². The standard InChI is InChI=1S/C18H16ClNO/c1-2-13-7-9-15(10-8-13)21-18-11-14(12-19)20-17-6-4-3-5-16(17)18/h3-11H,2,12H2,1H3. The van der Waals surface area contributed by atoms with Crippen LogP contribution in [-0.2, 0) is 12.3 Å². The maximum absolute atomic E-state index is 6.03. The van der Waals surface area contributed by atoms with Gasteiger partial charge in [-0.15, -0.1) is 11.6 Å². The highest BCUT2D eigenvalue weighted by atomic mass is 35.5. The summed E-state index contributed by atoms with van der Waals surface area (Å²) in [6.07, 6.45) is 1.02. The van der Waals surface area contributed by atoms with Crippen LogP contribution in [0.5, 0.6) is 11.5 Å². The van der Waals surface area contributed by atoms with Crippen LogP contribution < -0.4 is 4.74 Å². The van der Waals surface area contributed by atoms with Crippen molar-refractivity contribution >= 4 is 22.5 Å². The fraction of sp³-hybridized carbons (Fsp3) is 0.167. The number of aromatic nitrogens is 1. The largest absolute Gasteiger partial charge is 0.457 e. The predicted molar refractivity (Wildman–Crippen MR) is 87.2 cm³/mol. The van der Waals surface area contributed by atoms with Crippen molar-refractivity contribution in [3.05, 3.63) is 65.9 Å². The zero-order valence-corrected chi connectivity index (χ0v) is 12.6. The van der Waals surface area contributed by atoms with E-state index in [4.69, 9.17) is 16.3 Å². The van der Waals surface area contributed by atoms with Gasteiger partial charge in [-0.25, -0.2) is 0 Å². The topological polar surface area (TPSA) is 22.1 Å². The number of hydrogen-bond donors (Lipinski definition) is 0. The van der Waals surface area contributed by atoms with E-state index in [2.05, 4.69) is 24.0 Å². The van der Waals surface area contributed by atoms with Gasteiger partial charge in [-0.3, -0.25) is 4.98 Å². The van der Waals surface area contributed by atoms with Gasteiger partial charge in [0.25, 0.3) is 0 Å². The Kier molecular flexibility index (Phi) is 4.07. The number of benzene rings is 2. The lowest BCUT2D eigenvalue weighted by atomic mass is 10.1. The monoisotopic (exact) mass is 297 g/mol. The van der Waals surface area contributed by atoms with Gasteiger partial charge in [0.15, 0.2) is 0 Å². The van der Waals surface area contributed by atoms with Gasteiger partial charge in [0.05, 0.1) is 17.1 Å². The highest BCUT2D eigenvalue weighted by molar-refractivity contribution is 6.17. The molecule has 0 saturated heterocycles. The molecule has 0 aliphatic rings. The lowest BCUT2D eigenvalue weighted by Crippen LogP contribution is -1.92. The Morgan fingerprint density at radius 3 is 2.52 bits per heavy atom. The molecule has 1 heterocycles. The third-order valence-electron chi connectivity index (χ3n) is 3.43. The number of rotatable bonds is 4. The molecule has 2 nitrogen and oxygen atoms in total. The van der Waals surface area contributed by atoms with Crippen LogP contribution in [0.3, 0.4) is 0 Å². The van der Waals surface area contributed by atoms with Crippen LogP contribution in [0.2, 0.25) is 0 Å². The van der Waals surface area contributed by atoms with Gasteiger partial charge < -0.3 is 4.74 Å². The van der Waals surface area contributed by atoms with E-state index >= 15 is 0 Å². The first-order valence-electron chi connectivity index (χ1n) is 7.01. The molecule has 21 heavy (non-hydrogen) atoms. The number of ether oxygens (including phenoxy) is 1. The predicted octanol–water partition coefficient (Wildman–Crippen LogP) is 5.33. The van der Waals surface area contributed by atoms with Crippen LogP contribution >= 0.6 is 11.6 Å². The molecule has 0 saturated carbocycles. The number of para-hydroxylation sites is 1. The van der Waals surface area contributed by atoms with Gasteiger partial charge in [-0.2, -0.15) is 0 Å². The summed E-state index contributed by atoms with van der Waals surface area (Å²) in [6, 6.07) is 18.0. The minimum atomic E-state index is 0.371.